The highest BCUT2D eigenvalue weighted by atomic mass is 35.5. The second-order valence-electron chi connectivity index (χ2n) is 3.31. The monoisotopic (exact) mass is 191 g/mol. The van der Waals surface area contributed by atoms with E-state index in [0.29, 0.717) is 5.02 Å². The van der Waals surface area contributed by atoms with Gasteiger partial charge in [0.25, 0.3) is 0 Å². The third kappa shape index (κ3) is 1.52. The van der Waals surface area contributed by atoms with Gasteiger partial charge in [-0.3, -0.25) is 4.98 Å². The minimum absolute atomic E-state index is 0.692. The molecule has 13 heavy (non-hydrogen) atoms. The summed E-state index contributed by atoms with van der Waals surface area (Å²) in [5.41, 5.74) is 3.48. The maximum Gasteiger partial charge on any atom is 0.0732 e. The van der Waals surface area contributed by atoms with Gasteiger partial charge in [-0.05, 0) is 31.5 Å². The Bertz CT molecular complexity index is 458. The van der Waals surface area contributed by atoms with Crippen LogP contribution in [0.5, 0.6) is 0 Å². The summed E-state index contributed by atoms with van der Waals surface area (Å²) >= 11 is 5.86. The molecule has 0 atom stereocenters. The van der Waals surface area contributed by atoms with Gasteiger partial charge in [0, 0.05) is 11.6 Å². The molecule has 66 valence electrons. The minimum Gasteiger partial charge on any atom is -0.254 e. The van der Waals surface area contributed by atoms with Crippen LogP contribution in [0.1, 0.15) is 11.1 Å². The third-order valence-electron chi connectivity index (χ3n) is 2.08. The third-order valence-corrected chi connectivity index (χ3v) is 2.29. The second-order valence-corrected chi connectivity index (χ2v) is 3.74. The Morgan fingerprint density at radius 3 is 2.69 bits per heavy atom. The summed E-state index contributed by atoms with van der Waals surface area (Å²) in [6.07, 6.45) is 1.69. The first-order chi connectivity index (χ1) is 6.16. The van der Waals surface area contributed by atoms with Crippen molar-refractivity contribution >= 4 is 22.5 Å². The van der Waals surface area contributed by atoms with Crippen LogP contribution in [0.3, 0.4) is 0 Å². The number of halogens is 1. The molecule has 0 saturated carbocycles. The normalized spacial score (nSPS) is 10.7. The Morgan fingerprint density at radius 1 is 1.15 bits per heavy atom. The van der Waals surface area contributed by atoms with E-state index in [9.17, 15) is 0 Å². The van der Waals surface area contributed by atoms with Crippen LogP contribution in [0.25, 0.3) is 10.9 Å². The molecule has 2 heteroatoms. The summed E-state index contributed by atoms with van der Waals surface area (Å²) in [6, 6.07) is 6.17. The SMILES string of the molecule is Cc1cc(C)c2ncc(Cl)cc2c1. The fourth-order valence-corrected chi connectivity index (χ4v) is 1.76. The molecule has 0 saturated heterocycles. The van der Waals surface area contributed by atoms with Crippen molar-refractivity contribution in [1.82, 2.24) is 4.98 Å². The number of pyridine rings is 1. The van der Waals surface area contributed by atoms with Gasteiger partial charge in [-0.15, -0.1) is 0 Å². The molecule has 0 fully saturated rings. The van der Waals surface area contributed by atoms with Crippen LogP contribution in [0.2, 0.25) is 5.02 Å². The topological polar surface area (TPSA) is 12.9 Å². The van der Waals surface area contributed by atoms with E-state index in [4.69, 9.17) is 11.6 Å². The number of nitrogens with zero attached hydrogens (tertiary/aromatic N) is 1. The lowest BCUT2D eigenvalue weighted by molar-refractivity contribution is 1.34. The fraction of sp³-hybridized carbons (Fsp3) is 0.182. The van der Waals surface area contributed by atoms with E-state index in [-0.39, 0.29) is 0 Å². The molecule has 0 unspecified atom stereocenters. The average Bonchev–Trinajstić information content (AvgIpc) is 2.02. The molecule has 1 nitrogen and oxygen atoms in total. The number of benzene rings is 1. The van der Waals surface area contributed by atoms with Gasteiger partial charge in [-0.2, -0.15) is 0 Å². The number of fused-ring (bicyclic) bond motifs is 1. The van der Waals surface area contributed by atoms with Crippen molar-refractivity contribution in [3.8, 4) is 0 Å². The van der Waals surface area contributed by atoms with Crippen molar-refractivity contribution in [1.29, 1.82) is 0 Å². The molecule has 0 radical (unpaired) electrons. The fourth-order valence-electron chi connectivity index (χ4n) is 1.59. The van der Waals surface area contributed by atoms with Crippen molar-refractivity contribution < 1.29 is 0 Å². The van der Waals surface area contributed by atoms with E-state index >= 15 is 0 Å². The van der Waals surface area contributed by atoms with Gasteiger partial charge in [-0.1, -0.05) is 23.2 Å². The molecule has 0 bridgehead atoms. The lowest BCUT2D eigenvalue weighted by Crippen LogP contribution is -1.84. The van der Waals surface area contributed by atoms with Crippen molar-refractivity contribution in [2.75, 3.05) is 0 Å². The van der Waals surface area contributed by atoms with Crippen LogP contribution >= 0.6 is 11.6 Å². The van der Waals surface area contributed by atoms with E-state index in [1.807, 2.05) is 6.07 Å². The summed E-state index contributed by atoms with van der Waals surface area (Å²) in [5, 5.41) is 1.81. The van der Waals surface area contributed by atoms with Gasteiger partial charge >= 0.3 is 0 Å². The average molecular weight is 192 g/mol. The second kappa shape index (κ2) is 3.00. The smallest absolute Gasteiger partial charge is 0.0732 e. The van der Waals surface area contributed by atoms with E-state index in [1.54, 1.807) is 6.20 Å². The van der Waals surface area contributed by atoms with Crippen LogP contribution in [0.4, 0.5) is 0 Å². The lowest BCUT2D eigenvalue weighted by Gasteiger charge is -2.03. The Balaban J connectivity index is 2.86. The zero-order valence-corrected chi connectivity index (χ0v) is 8.39. The Kier molecular flexibility index (Phi) is 1.97. The van der Waals surface area contributed by atoms with Gasteiger partial charge in [0.05, 0.1) is 10.5 Å². The van der Waals surface area contributed by atoms with Gasteiger partial charge < -0.3 is 0 Å². The predicted molar refractivity (Wildman–Crippen MR) is 56.2 cm³/mol. The number of rotatable bonds is 0. The molecule has 0 amide bonds. The van der Waals surface area contributed by atoms with Crippen LogP contribution < -0.4 is 0 Å². The van der Waals surface area contributed by atoms with Gasteiger partial charge in [0.15, 0.2) is 0 Å². The molecular formula is C11H10ClN. The maximum absolute atomic E-state index is 5.86. The molecule has 1 heterocycles. The van der Waals surface area contributed by atoms with Crippen LogP contribution in [-0.4, -0.2) is 4.98 Å². The molecule has 1 aromatic carbocycles. The van der Waals surface area contributed by atoms with Gasteiger partial charge in [0.1, 0.15) is 0 Å². The first kappa shape index (κ1) is 8.52. The zero-order valence-electron chi connectivity index (χ0n) is 7.63. The molecule has 0 aliphatic carbocycles. The van der Waals surface area contributed by atoms with Gasteiger partial charge in [-0.25, -0.2) is 0 Å². The molecule has 0 spiro atoms. The van der Waals surface area contributed by atoms with Crippen molar-refractivity contribution in [2.45, 2.75) is 13.8 Å². The summed E-state index contributed by atoms with van der Waals surface area (Å²) in [7, 11) is 0. The maximum atomic E-state index is 5.86. The summed E-state index contributed by atoms with van der Waals surface area (Å²) in [5.74, 6) is 0. The highest BCUT2D eigenvalue weighted by molar-refractivity contribution is 6.31. The minimum atomic E-state index is 0.692. The van der Waals surface area contributed by atoms with Crippen molar-refractivity contribution in [2.24, 2.45) is 0 Å². The molecule has 2 aromatic rings. The first-order valence-corrected chi connectivity index (χ1v) is 4.57. The van der Waals surface area contributed by atoms with E-state index in [1.165, 1.54) is 11.1 Å². The summed E-state index contributed by atoms with van der Waals surface area (Å²) in [6.45, 7) is 4.14. The van der Waals surface area contributed by atoms with E-state index < -0.39 is 0 Å². The Labute approximate surface area is 82.4 Å². The summed E-state index contributed by atoms with van der Waals surface area (Å²) < 4.78 is 0. The standard InChI is InChI=1S/C11H10ClN/c1-7-3-8(2)11-9(4-7)5-10(12)6-13-11/h3-6H,1-2H3. The van der Waals surface area contributed by atoms with E-state index in [2.05, 4.69) is 31.0 Å². The number of hydrogen-bond donors (Lipinski definition) is 0. The predicted octanol–water partition coefficient (Wildman–Crippen LogP) is 3.51. The highest BCUT2D eigenvalue weighted by Gasteiger charge is 2.00. The molecule has 1 aromatic heterocycles. The molecule has 2 rings (SSSR count). The molecule has 0 aliphatic rings. The van der Waals surface area contributed by atoms with Crippen LogP contribution in [0.15, 0.2) is 24.4 Å². The highest BCUT2D eigenvalue weighted by Crippen LogP contribution is 2.21. The van der Waals surface area contributed by atoms with Gasteiger partial charge in [0.2, 0.25) is 0 Å². The molecule has 0 N–H and O–H groups in total. The number of aromatic nitrogens is 1. The quantitative estimate of drug-likeness (QED) is 0.621. The molecule has 0 aliphatic heterocycles. The Hall–Kier alpha value is -1.08. The Morgan fingerprint density at radius 2 is 1.92 bits per heavy atom. The summed E-state index contributed by atoms with van der Waals surface area (Å²) in [4.78, 5) is 4.29. The lowest BCUT2D eigenvalue weighted by atomic mass is 10.1. The van der Waals surface area contributed by atoms with Crippen LogP contribution in [0, 0.1) is 13.8 Å². The first-order valence-electron chi connectivity index (χ1n) is 4.19. The van der Waals surface area contributed by atoms with Crippen molar-refractivity contribution in [3.63, 3.8) is 0 Å². The zero-order chi connectivity index (χ0) is 9.42. The van der Waals surface area contributed by atoms with E-state index in [0.717, 1.165) is 10.9 Å². The van der Waals surface area contributed by atoms with Crippen LogP contribution in [-0.2, 0) is 0 Å². The number of hydrogen-bond acceptors (Lipinski definition) is 1. The van der Waals surface area contributed by atoms with Crippen molar-refractivity contribution in [3.05, 3.63) is 40.5 Å². The number of aryl methyl sites for hydroxylation is 2. The largest absolute Gasteiger partial charge is 0.254 e. The molecular weight excluding hydrogens is 182 g/mol.